The van der Waals surface area contributed by atoms with Crippen LogP contribution in [0.2, 0.25) is 5.02 Å². The smallest absolute Gasteiger partial charge is 0.259 e. The highest BCUT2D eigenvalue weighted by molar-refractivity contribution is 7.99. The highest BCUT2D eigenvalue weighted by Gasteiger charge is 2.29. The van der Waals surface area contributed by atoms with Crippen molar-refractivity contribution in [3.05, 3.63) is 88.4 Å². The van der Waals surface area contributed by atoms with E-state index in [4.69, 9.17) is 16.3 Å². The maximum atomic E-state index is 13.6. The Morgan fingerprint density at radius 1 is 1.09 bits per heavy atom. The van der Waals surface area contributed by atoms with Gasteiger partial charge >= 0.3 is 0 Å². The molecule has 2 heterocycles. The van der Waals surface area contributed by atoms with Gasteiger partial charge in [-0.25, -0.2) is 0 Å². The summed E-state index contributed by atoms with van der Waals surface area (Å²) in [5.41, 5.74) is 2.69. The number of nitrogens with one attached hydrogen (secondary N) is 1. The van der Waals surface area contributed by atoms with Gasteiger partial charge in [0.15, 0.2) is 0 Å². The van der Waals surface area contributed by atoms with Gasteiger partial charge in [-0.15, -0.1) is 0 Å². The molecule has 3 aromatic carbocycles. The molecule has 0 aromatic heterocycles. The topological polar surface area (TPSA) is 58.6 Å². The summed E-state index contributed by atoms with van der Waals surface area (Å²) in [7, 11) is 0. The van der Waals surface area contributed by atoms with Crippen LogP contribution in [0.5, 0.6) is 0 Å². The van der Waals surface area contributed by atoms with Crippen molar-refractivity contribution >= 4 is 40.9 Å². The van der Waals surface area contributed by atoms with Gasteiger partial charge in [0, 0.05) is 33.5 Å². The third-order valence-corrected chi connectivity index (χ3v) is 7.40. The fourth-order valence-electron chi connectivity index (χ4n) is 4.13. The van der Waals surface area contributed by atoms with Crippen molar-refractivity contribution in [3.63, 3.8) is 0 Å². The summed E-state index contributed by atoms with van der Waals surface area (Å²) in [4.78, 5) is 30.1. The second kappa shape index (κ2) is 9.59. The lowest BCUT2D eigenvalue weighted by molar-refractivity contribution is 0.0857. The van der Waals surface area contributed by atoms with Gasteiger partial charge in [-0.05, 0) is 54.8 Å². The lowest BCUT2D eigenvalue weighted by Crippen LogP contribution is -2.33. The maximum Gasteiger partial charge on any atom is 0.259 e. The van der Waals surface area contributed by atoms with Crippen LogP contribution in [0.1, 0.15) is 39.1 Å². The number of rotatable bonds is 5. The van der Waals surface area contributed by atoms with Crippen LogP contribution in [0.15, 0.2) is 76.5 Å². The molecule has 1 atom stereocenters. The van der Waals surface area contributed by atoms with E-state index in [2.05, 4.69) is 5.32 Å². The summed E-state index contributed by atoms with van der Waals surface area (Å²) in [6.45, 7) is 1.54. The lowest BCUT2D eigenvalue weighted by atomic mass is 10.1. The average Bonchev–Trinajstić information content (AvgIpc) is 3.32. The molecule has 5 nitrogen and oxygen atoms in total. The minimum Gasteiger partial charge on any atom is -0.376 e. The number of nitrogens with zero attached hydrogens (tertiary/aromatic N) is 1. The quantitative estimate of drug-likeness (QED) is 0.521. The van der Waals surface area contributed by atoms with Crippen LogP contribution < -0.4 is 10.2 Å². The minimum atomic E-state index is -0.176. The summed E-state index contributed by atoms with van der Waals surface area (Å²) in [6, 6.07) is 20.6. The molecular formula is C26H23ClN2O3S. The van der Waals surface area contributed by atoms with Crippen LogP contribution in [0, 0.1) is 0 Å². The minimum absolute atomic E-state index is 0.0677. The fourth-order valence-corrected chi connectivity index (χ4v) is 5.38. The summed E-state index contributed by atoms with van der Waals surface area (Å²) in [6.07, 6.45) is 2.05. The zero-order valence-corrected chi connectivity index (χ0v) is 19.5. The number of fused-ring (bicyclic) bond motifs is 2. The van der Waals surface area contributed by atoms with E-state index in [0.29, 0.717) is 34.9 Å². The van der Waals surface area contributed by atoms with E-state index in [1.165, 1.54) is 11.8 Å². The van der Waals surface area contributed by atoms with E-state index in [9.17, 15) is 9.59 Å². The molecule has 0 spiro atoms. The molecule has 5 rings (SSSR count). The van der Waals surface area contributed by atoms with Crippen molar-refractivity contribution in [2.75, 3.05) is 18.1 Å². The highest BCUT2D eigenvalue weighted by Crippen LogP contribution is 2.42. The number of hydrogen-bond donors (Lipinski definition) is 1. The monoisotopic (exact) mass is 478 g/mol. The fraction of sp³-hybridized carbons (Fsp3) is 0.231. The van der Waals surface area contributed by atoms with Gasteiger partial charge in [0.2, 0.25) is 0 Å². The molecule has 1 N–H and O–H groups in total. The molecule has 0 unspecified atom stereocenters. The van der Waals surface area contributed by atoms with Gasteiger partial charge in [0.05, 0.1) is 23.9 Å². The number of halogens is 1. The number of ether oxygens (including phenoxy) is 1. The molecule has 2 aliphatic heterocycles. The Morgan fingerprint density at radius 2 is 1.91 bits per heavy atom. The standard InChI is InChI=1S/C26H23ClN2O3S/c27-21-9-3-1-6-18(21)16-29-22-14-17(25(30)28-15-19-7-5-13-32-19)11-12-24(22)33-23-10-4-2-8-20(23)26(29)31/h1-4,6,8-12,14,19H,5,7,13,15-16H2,(H,28,30)/t19-/m1/s1. The maximum absolute atomic E-state index is 13.6. The second-order valence-electron chi connectivity index (χ2n) is 8.11. The predicted octanol–water partition coefficient (Wildman–Crippen LogP) is 5.56. The normalized spacial score (nSPS) is 17.3. The second-order valence-corrected chi connectivity index (χ2v) is 9.60. The Labute approximate surface area is 202 Å². The average molecular weight is 479 g/mol. The van der Waals surface area contributed by atoms with E-state index < -0.39 is 0 Å². The van der Waals surface area contributed by atoms with Crippen LogP contribution in [-0.2, 0) is 11.3 Å². The van der Waals surface area contributed by atoms with Crippen LogP contribution >= 0.6 is 23.4 Å². The molecule has 2 aliphatic rings. The Bertz CT molecular complexity index is 1210. The summed E-state index contributed by atoms with van der Waals surface area (Å²) >= 11 is 7.96. The molecule has 1 fully saturated rings. The first-order valence-electron chi connectivity index (χ1n) is 11.0. The van der Waals surface area contributed by atoms with Crippen LogP contribution in [0.25, 0.3) is 0 Å². The van der Waals surface area contributed by atoms with Gasteiger partial charge in [0.1, 0.15) is 0 Å². The molecule has 33 heavy (non-hydrogen) atoms. The number of carbonyl (C=O) groups is 2. The Kier molecular flexibility index (Phi) is 6.40. The third-order valence-electron chi connectivity index (χ3n) is 5.90. The number of amides is 2. The molecule has 1 saturated heterocycles. The first-order valence-corrected chi connectivity index (χ1v) is 12.2. The van der Waals surface area contributed by atoms with Crippen molar-refractivity contribution in [2.24, 2.45) is 0 Å². The zero-order chi connectivity index (χ0) is 22.8. The van der Waals surface area contributed by atoms with E-state index in [1.54, 1.807) is 11.0 Å². The van der Waals surface area contributed by atoms with E-state index in [1.807, 2.05) is 60.7 Å². The van der Waals surface area contributed by atoms with Crippen molar-refractivity contribution in [3.8, 4) is 0 Å². The summed E-state index contributed by atoms with van der Waals surface area (Å²) in [5.74, 6) is -0.293. The number of benzene rings is 3. The molecule has 168 valence electrons. The predicted molar refractivity (Wildman–Crippen MR) is 130 cm³/mol. The van der Waals surface area contributed by atoms with Crippen LogP contribution in [0.4, 0.5) is 5.69 Å². The molecule has 0 bridgehead atoms. The molecule has 0 radical (unpaired) electrons. The van der Waals surface area contributed by atoms with Gasteiger partial charge in [-0.1, -0.05) is 53.7 Å². The Balaban J connectivity index is 1.50. The largest absolute Gasteiger partial charge is 0.376 e. The molecule has 0 saturated carbocycles. The SMILES string of the molecule is O=C(NC[C@H]1CCCO1)c1ccc2c(c1)N(Cc1ccccc1Cl)C(=O)c1ccccc1S2. The first-order chi connectivity index (χ1) is 16.1. The van der Waals surface area contributed by atoms with Crippen molar-refractivity contribution in [1.82, 2.24) is 5.32 Å². The van der Waals surface area contributed by atoms with E-state index in [-0.39, 0.29) is 17.9 Å². The van der Waals surface area contributed by atoms with E-state index >= 15 is 0 Å². The van der Waals surface area contributed by atoms with Crippen LogP contribution in [-0.4, -0.2) is 31.1 Å². The van der Waals surface area contributed by atoms with Crippen molar-refractivity contribution < 1.29 is 14.3 Å². The first kappa shape index (κ1) is 22.0. The van der Waals surface area contributed by atoms with Crippen molar-refractivity contribution in [1.29, 1.82) is 0 Å². The lowest BCUT2D eigenvalue weighted by Gasteiger charge is -2.24. The third kappa shape index (κ3) is 4.64. The molecule has 2 amide bonds. The van der Waals surface area contributed by atoms with Crippen molar-refractivity contribution in [2.45, 2.75) is 35.3 Å². The highest BCUT2D eigenvalue weighted by atomic mass is 35.5. The Hall–Kier alpha value is -2.80. The number of carbonyl (C=O) groups excluding carboxylic acids is 2. The van der Waals surface area contributed by atoms with E-state index in [0.717, 1.165) is 34.8 Å². The molecule has 7 heteroatoms. The summed E-state index contributed by atoms with van der Waals surface area (Å²) in [5, 5.41) is 3.57. The van der Waals surface area contributed by atoms with Crippen LogP contribution in [0.3, 0.4) is 0 Å². The van der Waals surface area contributed by atoms with Gasteiger partial charge in [0.25, 0.3) is 11.8 Å². The van der Waals surface area contributed by atoms with Gasteiger partial charge < -0.3 is 15.0 Å². The van der Waals surface area contributed by atoms with Gasteiger partial charge in [-0.3, -0.25) is 9.59 Å². The molecule has 3 aromatic rings. The number of anilines is 1. The summed E-state index contributed by atoms with van der Waals surface area (Å²) < 4.78 is 5.61. The zero-order valence-electron chi connectivity index (χ0n) is 17.9. The molecule has 0 aliphatic carbocycles. The van der Waals surface area contributed by atoms with Gasteiger partial charge in [-0.2, -0.15) is 0 Å². The number of hydrogen-bond acceptors (Lipinski definition) is 4. The molecular weight excluding hydrogens is 456 g/mol. The Morgan fingerprint density at radius 3 is 2.73 bits per heavy atom.